The second-order valence-electron chi connectivity index (χ2n) is 2.09. The molecule has 0 unspecified atom stereocenters. The summed E-state index contributed by atoms with van der Waals surface area (Å²) in [5.41, 5.74) is 0. The third-order valence-corrected chi connectivity index (χ3v) is 3.53. The Kier molecular flexibility index (Phi) is 3.15. The lowest BCUT2D eigenvalue weighted by atomic mass is 10.5. The third kappa shape index (κ3) is 2.55. The molecule has 0 aromatic carbocycles. The molecule has 1 aromatic heterocycles. The zero-order valence-corrected chi connectivity index (χ0v) is 9.65. The van der Waals surface area contributed by atoms with Crippen LogP contribution < -0.4 is 4.74 Å². The Bertz CT molecular complexity index is 420. The Morgan fingerprint density at radius 3 is 2.62 bits per heavy atom. The third-order valence-electron chi connectivity index (χ3n) is 1.27. The van der Waals surface area contributed by atoms with E-state index in [0.29, 0.717) is 10.4 Å². The van der Waals surface area contributed by atoms with E-state index < -0.39 is 9.05 Å². The van der Waals surface area contributed by atoms with Gasteiger partial charge in [-0.3, -0.25) is 0 Å². The van der Waals surface area contributed by atoms with Gasteiger partial charge in [0.25, 0.3) is 9.05 Å². The summed E-state index contributed by atoms with van der Waals surface area (Å²) in [6.45, 7) is 0. The molecule has 0 saturated heterocycles. The van der Waals surface area contributed by atoms with E-state index in [0.717, 1.165) is 6.20 Å². The SMILES string of the molecule is COc1cc(Br)c(S(=O)(=O)Cl)cn1. The molecule has 0 aliphatic carbocycles. The minimum Gasteiger partial charge on any atom is -0.481 e. The molecule has 0 aliphatic rings. The molecular formula is C6H5BrClNO3S. The summed E-state index contributed by atoms with van der Waals surface area (Å²) in [4.78, 5) is 3.63. The van der Waals surface area contributed by atoms with E-state index in [1.54, 1.807) is 0 Å². The van der Waals surface area contributed by atoms with Crippen molar-refractivity contribution in [3.05, 3.63) is 16.7 Å². The Morgan fingerprint density at radius 2 is 2.23 bits per heavy atom. The van der Waals surface area contributed by atoms with Crippen molar-refractivity contribution in [2.24, 2.45) is 0 Å². The van der Waals surface area contributed by atoms with Gasteiger partial charge in [0.05, 0.1) is 13.3 Å². The first kappa shape index (κ1) is 10.7. The van der Waals surface area contributed by atoms with Crippen molar-refractivity contribution in [2.75, 3.05) is 7.11 Å². The molecule has 0 aliphatic heterocycles. The number of aromatic nitrogens is 1. The van der Waals surface area contributed by atoms with Gasteiger partial charge >= 0.3 is 0 Å². The average Bonchev–Trinajstić information content (AvgIpc) is 2.01. The molecular weight excluding hydrogens is 281 g/mol. The molecule has 0 radical (unpaired) electrons. The number of methoxy groups -OCH3 is 1. The van der Waals surface area contributed by atoms with Crippen LogP contribution in [0.4, 0.5) is 0 Å². The molecule has 1 rings (SSSR count). The van der Waals surface area contributed by atoms with Crippen LogP contribution >= 0.6 is 26.6 Å². The maximum absolute atomic E-state index is 10.9. The molecule has 0 amide bonds. The van der Waals surface area contributed by atoms with Gasteiger partial charge in [0, 0.05) is 21.2 Å². The average molecular weight is 287 g/mol. The van der Waals surface area contributed by atoms with Crippen LogP contribution in [0.15, 0.2) is 21.6 Å². The number of hydrogen-bond donors (Lipinski definition) is 0. The Hall–Kier alpha value is -0.330. The van der Waals surface area contributed by atoms with Crippen molar-refractivity contribution in [3.8, 4) is 5.88 Å². The topological polar surface area (TPSA) is 56.3 Å². The van der Waals surface area contributed by atoms with Crippen molar-refractivity contribution in [1.82, 2.24) is 4.98 Å². The molecule has 4 nitrogen and oxygen atoms in total. The second kappa shape index (κ2) is 3.81. The number of rotatable bonds is 2. The summed E-state index contributed by atoms with van der Waals surface area (Å²) in [6, 6.07) is 1.43. The Morgan fingerprint density at radius 1 is 1.62 bits per heavy atom. The highest BCUT2D eigenvalue weighted by Gasteiger charge is 2.15. The summed E-state index contributed by atoms with van der Waals surface area (Å²) in [7, 11) is 2.80. The number of nitrogens with zero attached hydrogens (tertiary/aromatic N) is 1. The Balaban J connectivity index is 3.29. The number of pyridine rings is 1. The lowest BCUT2D eigenvalue weighted by Gasteiger charge is -2.01. The predicted molar refractivity (Wildman–Crippen MR) is 51.5 cm³/mol. The minimum absolute atomic E-state index is 0.0741. The summed E-state index contributed by atoms with van der Waals surface area (Å²) in [6.07, 6.45) is 1.13. The molecule has 1 aromatic rings. The van der Waals surface area contributed by atoms with Crippen LogP contribution in [0.25, 0.3) is 0 Å². The van der Waals surface area contributed by atoms with Gasteiger partial charge in [0.15, 0.2) is 0 Å². The first-order chi connectivity index (χ1) is 5.95. The largest absolute Gasteiger partial charge is 0.481 e. The lowest BCUT2D eigenvalue weighted by molar-refractivity contribution is 0.396. The molecule has 0 bridgehead atoms. The zero-order chi connectivity index (χ0) is 10.1. The summed E-state index contributed by atoms with van der Waals surface area (Å²) in [5, 5.41) is 0. The van der Waals surface area contributed by atoms with Crippen LogP contribution in [0, 0.1) is 0 Å². The molecule has 0 saturated carbocycles. The first-order valence-electron chi connectivity index (χ1n) is 3.09. The van der Waals surface area contributed by atoms with E-state index in [1.165, 1.54) is 13.2 Å². The van der Waals surface area contributed by atoms with E-state index >= 15 is 0 Å². The summed E-state index contributed by atoms with van der Waals surface area (Å²) in [5.74, 6) is 0.316. The van der Waals surface area contributed by atoms with E-state index in [2.05, 4.69) is 20.9 Å². The fourth-order valence-corrected chi connectivity index (χ4v) is 2.75. The fourth-order valence-electron chi connectivity index (χ4n) is 0.692. The quantitative estimate of drug-likeness (QED) is 0.778. The van der Waals surface area contributed by atoms with Crippen molar-refractivity contribution < 1.29 is 13.2 Å². The Labute approximate surface area is 88.4 Å². The highest BCUT2D eigenvalue weighted by atomic mass is 79.9. The van der Waals surface area contributed by atoms with Crippen molar-refractivity contribution in [2.45, 2.75) is 4.90 Å². The number of ether oxygens (including phenoxy) is 1. The smallest absolute Gasteiger partial charge is 0.263 e. The molecule has 0 fully saturated rings. The highest BCUT2D eigenvalue weighted by molar-refractivity contribution is 9.10. The minimum atomic E-state index is -3.75. The van der Waals surface area contributed by atoms with Gasteiger partial charge in [-0.15, -0.1) is 0 Å². The van der Waals surface area contributed by atoms with E-state index in [4.69, 9.17) is 15.4 Å². The van der Waals surface area contributed by atoms with Gasteiger partial charge in [-0.25, -0.2) is 13.4 Å². The van der Waals surface area contributed by atoms with Crippen LogP contribution in [0.1, 0.15) is 0 Å². The van der Waals surface area contributed by atoms with Crippen LogP contribution in [0.5, 0.6) is 5.88 Å². The van der Waals surface area contributed by atoms with Gasteiger partial charge in [-0.1, -0.05) is 0 Å². The lowest BCUT2D eigenvalue weighted by Crippen LogP contribution is -1.95. The number of halogens is 2. The van der Waals surface area contributed by atoms with Crippen molar-refractivity contribution >= 4 is 35.7 Å². The van der Waals surface area contributed by atoms with Crippen LogP contribution in [-0.4, -0.2) is 20.5 Å². The van der Waals surface area contributed by atoms with Gasteiger partial charge in [0.1, 0.15) is 4.90 Å². The molecule has 13 heavy (non-hydrogen) atoms. The highest BCUT2D eigenvalue weighted by Crippen LogP contribution is 2.26. The first-order valence-corrected chi connectivity index (χ1v) is 6.19. The van der Waals surface area contributed by atoms with Crippen LogP contribution in [0.2, 0.25) is 0 Å². The molecule has 0 N–H and O–H groups in total. The van der Waals surface area contributed by atoms with Gasteiger partial charge in [-0.2, -0.15) is 0 Å². The van der Waals surface area contributed by atoms with E-state index in [-0.39, 0.29) is 4.90 Å². The van der Waals surface area contributed by atoms with Crippen molar-refractivity contribution in [1.29, 1.82) is 0 Å². The van der Waals surface area contributed by atoms with Crippen molar-refractivity contribution in [3.63, 3.8) is 0 Å². The van der Waals surface area contributed by atoms with E-state index in [1.807, 2.05) is 0 Å². The van der Waals surface area contributed by atoms with Crippen LogP contribution in [-0.2, 0) is 9.05 Å². The normalized spacial score (nSPS) is 11.3. The molecule has 0 atom stereocenters. The zero-order valence-electron chi connectivity index (χ0n) is 6.49. The van der Waals surface area contributed by atoms with Gasteiger partial charge < -0.3 is 4.74 Å². The summed E-state index contributed by atoms with van der Waals surface area (Å²) < 4.78 is 26.9. The maximum atomic E-state index is 10.9. The molecule has 7 heteroatoms. The van der Waals surface area contributed by atoms with Gasteiger partial charge in [-0.05, 0) is 15.9 Å². The maximum Gasteiger partial charge on any atom is 0.263 e. The molecule has 0 spiro atoms. The second-order valence-corrected chi connectivity index (χ2v) is 5.48. The van der Waals surface area contributed by atoms with Gasteiger partial charge in [0.2, 0.25) is 5.88 Å². The predicted octanol–water partition coefficient (Wildman–Crippen LogP) is 1.78. The standard InChI is InChI=1S/C6H5BrClNO3S/c1-12-6-2-4(7)5(3-9-6)13(8,10)11/h2-3H,1H3. The summed E-state index contributed by atoms with van der Waals surface area (Å²) >= 11 is 3.04. The number of hydrogen-bond acceptors (Lipinski definition) is 4. The molecule has 72 valence electrons. The van der Waals surface area contributed by atoms with Crippen LogP contribution in [0.3, 0.4) is 0 Å². The monoisotopic (exact) mass is 285 g/mol. The fraction of sp³-hybridized carbons (Fsp3) is 0.167. The van der Waals surface area contributed by atoms with E-state index in [9.17, 15) is 8.42 Å². The molecule has 1 heterocycles.